The topological polar surface area (TPSA) is 224 Å². The Morgan fingerprint density at radius 1 is 1.07 bits per heavy atom. The Balaban J connectivity index is 1.03. The number of hydrogen-bond acceptors (Lipinski definition) is 15. The van der Waals surface area contributed by atoms with E-state index in [0.29, 0.717) is 55.4 Å². The van der Waals surface area contributed by atoms with Crippen LogP contribution in [0.25, 0.3) is 10.1 Å². The fourth-order valence-corrected chi connectivity index (χ4v) is 12.1. The summed E-state index contributed by atoms with van der Waals surface area (Å²) >= 11 is 1.81. The zero-order valence-electron chi connectivity index (χ0n) is 37.0. The van der Waals surface area contributed by atoms with Gasteiger partial charge in [0, 0.05) is 72.4 Å². The number of halogens is 2. The van der Waals surface area contributed by atoms with E-state index >= 15 is 8.78 Å². The molecule has 67 heavy (non-hydrogen) atoms. The van der Waals surface area contributed by atoms with Crippen molar-refractivity contribution in [3.05, 3.63) is 69.0 Å². The van der Waals surface area contributed by atoms with E-state index in [0.717, 1.165) is 41.7 Å². The first kappa shape index (κ1) is 50.0. The third kappa shape index (κ3) is 11.9. The van der Waals surface area contributed by atoms with Crippen LogP contribution in [0.1, 0.15) is 91.9 Å². The molecule has 4 fully saturated rings. The van der Waals surface area contributed by atoms with Gasteiger partial charge in [0.25, 0.3) is 5.91 Å². The molecule has 4 aliphatic heterocycles. The number of carbonyl (C=O) groups excluding carboxylic acids is 5. The Hall–Kier alpha value is -4.84. The maximum atomic E-state index is 16.4. The van der Waals surface area contributed by atoms with Crippen LogP contribution in [-0.4, -0.2) is 114 Å². The molecule has 4 saturated heterocycles. The van der Waals surface area contributed by atoms with E-state index in [1.54, 1.807) is 15.9 Å². The minimum Gasteiger partial charge on any atom is -0.428 e. The van der Waals surface area contributed by atoms with E-state index < -0.39 is 68.3 Å². The number of pyridine rings is 1. The van der Waals surface area contributed by atoms with Crippen LogP contribution in [0.2, 0.25) is 0 Å². The summed E-state index contributed by atoms with van der Waals surface area (Å²) in [7, 11) is -5.49. The molecule has 1 aromatic carbocycles. The van der Waals surface area contributed by atoms with Crippen molar-refractivity contribution in [3.63, 3.8) is 0 Å². The van der Waals surface area contributed by atoms with Crippen molar-refractivity contribution >= 4 is 76.0 Å². The summed E-state index contributed by atoms with van der Waals surface area (Å²) in [6, 6.07) is 9.19. The van der Waals surface area contributed by atoms with Crippen LogP contribution in [0.5, 0.6) is 0 Å². The summed E-state index contributed by atoms with van der Waals surface area (Å²) in [6.07, 6.45) is 5.23. The van der Waals surface area contributed by atoms with Gasteiger partial charge in [-0.3, -0.25) is 33.1 Å². The number of H-pyrrole nitrogens is 1. The number of aliphatic imine (C=N–C) groups is 1. The van der Waals surface area contributed by atoms with Gasteiger partial charge in [-0.25, -0.2) is 9.79 Å². The molecular weight excluding hydrogens is 936 g/mol. The smallest absolute Gasteiger partial charge is 0.428 e. The normalized spacial score (nSPS) is 24.3. The molecule has 3 amide bonds. The first-order chi connectivity index (χ1) is 32.1. The second kappa shape index (κ2) is 22.1. The van der Waals surface area contributed by atoms with Gasteiger partial charge in [-0.15, -0.1) is 11.3 Å². The summed E-state index contributed by atoms with van der Waals surface area (Å²) in [5.41, 5.74) is -4.75. The van der Waals surface area contributed by atoms with Gasteiger partial charge in [0.1, 0.15) is 12.1 Å². The number of nitrogens with one attached hydrogen (secondary N) is 1. The third-order valence-corrected chi connectivity index (χ3v) is 16.1. The molecule has 17 nitrogen and oxygen atoms in total. The largest absolute Gasteiger partial charge is 0.510 e. The van der Waals surface area contributed by atoms with Gasteiger partial charge in [-0.05, 0) is 66.8 Å². The number of thioether (sulfide) groups is 1. The summed E-state index contributed by atoms with van der Waals surface area (Å²) in [5.74, 6) is -3.09. The lowest BCUT2D eigenvalue weighted by molar-refractivity contribution is -0.146. The minimum absolute atomic E-state index is 0.0647. The van der Waals surface area contributed by atoms with Crippen LogP contribution in [-0.2, 0) is 47.9 Å². The molecule has 0 bridgehead atoms. The average molecular weight is 988 g/mol. The highest BCUT2D eigenvalue weighted by Crippen LogP contribution is 2.67. The fraction of sp³-hybridized carbons (Fsp3) is 0.556. The maximum absolute atomic E-state index is 16.4. The van der Waals surface area contributed by atoms with Crippen molar-refractivity contribution in [2.45, 2.75) is 95.0 Å². The molecule has 22 heteroatoms. The lowest BCUT2D eigenvalue weighted by atomic mass is 9.91. The first-order valence-corrected chi connectivity index (χ1v) is 25.6. The Morgan fingerprint density at radius 2 is 1.88 bits per heavy atom. The highest BCUT2D eigenvalue weighted by molar-refractivity contribution is 8.13. The van der Waals surface area contributed by atoms with E-state index in [-0.39, 0.29) is 82.5 Å². The lowest BCUT2D eigenvalue weighted by Gasteiger charge is -2.35. The lowest BCUT2D eigenvalue weighted by Crippen LogP contribution is -2.52. The maximum Gasteiger partial charge on any atom is 0.510 e. The highest BCUT2D eigenvalue weighted by Gasteiger charge is 2.56. The third-order valence-electron chi connectivity index (χ3n) is 12.2. The predicted molar refractivity (Wildman–Crippen MR) is 243 cm³/mol. The molecule has 7 rings (SSSR count). The number of rotatable bonds is 16. The van der Waals surface area contributed by atoms with Crippen LogP contribution >= 0.6 is 30.7 Å². The second-order valence-corrected chi connectivity index (χ2v) is 21.6. The molecule has 1 N–H and O–H groups in total. The van der Waals surface area contributed by atoms with Crippen molar-refractivity contribution in [1.29, 1.82) is 5.26 Å². The molecule has 0 aliphatic carbocycles. The van der Waals surface area contributed by atoms with E-state index in [9.17, 15) is 38.6 Å². The molecule has 6 heterocycles. The Morgan fingerprint density at radius 3 is 2.63 bits per heavy atom. The summed E-state index contributed by atoms with van der Waals surface area (Å²) in [4.78, 5) is 88.4. The SMILES string of the molecule is CC(C)CC(=O)SCCOP(=O)(OCOC(=O)O[C@H]1CCOC1)C(F)(F)c1ccc2sc(C(=O)N=CC3CCCC[C@H]4CC[C@@H](C(=O)N5C[C@@H](C#N)[C@H](c6cc[nH]c(=O)c6)C5)N4C3=O)cc2c1. The fourth-order valence-electron chi connectivity index (χ4n) is 8.83. The molecule has 2 unspecified atom stereocenters. The van der Waals surface area contributed by atoms with Crippen LogP contribution in [0.15, 0.2) is 52.4 Å². The zero-order valence-corrected chi connectivity index (χ0v) is 39.5. The van der Waals surface area contributed by atoms with Gasteiger partial charge in [0.2, 0.25) is 24.2 Å². The monoisotopic (exact) mass is 987 g/mol. The molecule has 4 aliphatic rings. The van der Waals surface area contributed by atoms with Gasteiger partial charge in [-0.2, -0.15) is 14.0 Å². The molecule has 360 valence electrons. The Kier molecular flexibility index (Phi) is 16.5. The Bertz CT molecular complexity index is 2510. The van der Waals surface area contributed by atoms with Crippen molar-refractivity contribution in [1.82, 2.24) is 14.8 Å². The van der Waals surface area contributed by atoms with Crippen LogP contribution < -0.4 is 5.56 Å². The predicted octanol–water partition coefficient (Wildman–Crippen LogP) is 7.60. The number of benzene rings is 1. The van der Waals surface area contributed by atoms with E-state index in [1.807, 2.05) is 13.8 Å². The van der Waals surface area contributed by atoms with Crippen molar-refractivity contribution in [2.24, 2.45) is 22.7 Å². The number of nitriles is 1. The number of alkyl halides is 2. The first-order valence-electron chi connectivity index (χ1n) is 22.2. The van der Waals surface area contributed by atoms with Gasteiger partial charge >= 0.3 is 19.4 Å². The summed E-state index contributed by atoms with van der Waals surface area (Å²) < 4.78 is 72.3. The Labute approximate surface area is 393 Å². The van der Waals surface area contributed by atoms with E-state index in [4.69, 9.17) is 23.3 Å². The molecule has 7 atom stereocenters. The van der Waals surface area contributed by atoms with Crippen LogP contribution in [0, 0.1) is 29.1 Å². The average Bonchev–Trinajstić information content (AvgIpc) is 4.13. The molecule has 0 spiro atoms. The number of hydrogen-bond donors (Lipinski definition) is 1. The van der Waals surface area contributed by atoms with Gasteiger partial charge in [0.15, 0.2) is 5.12 Å². The van der Waals surface area contributed by atoms with Gasteiger partial charge in [0.05, 0.1) is 42.6 Å². The molecule has 2 aromatic heterocycles. The molecule has 3 aromatic rings. The van der Waals surface area contributed by atoms with Crippen LogP contribution in [0.4, 0.5) is 13.6 Å². The number of nitrogens with zero attached hydrogens (tertiary/aromatic N) is 4. The number of fused-ring (bicyclic) bond motifs is 2. The van der Waals surface area contributed by atoms with Gasteiger partial charge < -0.3 is 33.5 Å². The number of thiophene rings is 1. The molecule has 0 radical (unpaired) electrons. The van der Waals surface area contributed by atoms with E-state index in [1.165, 1.54) is 30.6 Å². The van der Waals surface area contributed by atoms with Crippen molar-refractivity contribution in [3.8, 4) is 6.07 Å². The van der Waals surface area contributed by atoms with Crippen molar-refractivity contribution < 1.29 is 60.6 Å². The number of aromatic amines is 1. The second-order valence-electron chi connectivity index (χ2n) is 17.3. The minimum atomic E-state index is -5.49. The van der Waals surface area contributed by atoms with Gasteiger partial charge in [-0.1, -0.05) is 44.5 Å². The summed E-state index contributed by atoms with van der Waals surface area (Å²) in [5, 5.41) is 9.93. The zero-order chi connectivity index (χ0) is 47.9. The summed E-state index contributed by atoms with van der Waals surface area (Å²) in [6.45, 7) is 2.81. The molecular formula is C45H52F2N5O12PS2. The van der Waals surface area contributed by atoms with Crippen LogP contribution in [0.3, 0.4) is 0 Å². The number of carbonyl (C=O) groups is 5. The molecule has 0 saturated carbocycles. The quantitative estimate of drug-likeness (QED) is 0.0480. The number of amides is 3. The van der Waals surface area contributed by atoms with E-state index in [2.05, 4.69) is 16.0 Å². The number of likely N-dealkylation sites (tertiary alicyclic amines) is 1. The van der Waals surface area contributed by atoms with Crippen molar-refractivity contribution in [2.75, 3.05) is 45.5 Å². The standard InChI is InChI=1S/C45H52F2N5O12PS2/c1-27(2)17-40(54)66-16-15-62-65(59,63-26-61-44(58)64-34-12-14-60-25-34)45(46,47)32-7-10-37-30(18-32)19-38(67-37)41(55)50-22-29-5-3-4-6-33-8-9-36(52(33)42(29)56)43(57)51-23-31(21-48)35(24-51)28-11-13-49-39(53)20-28/h7,10-11,13,18-20,22,27,29,31,33-36H,3-6,8-9,12,14-17,23-26H2,1-2H3,(H,49,53)/t29?,31-,33+,34+,35+,36+,65?/m1/s1. The number of ether oxygens (including phenoxy) is 3. The highest BCUT2D eigenvalue weighted by atomic mass is 32.2. The number of aromatic nitrogens is 1.